The average molecular weight is 243 g/mol. The molecule has 0 spiro atoms. The van der Waals surface area contributed by atoms with E-state index in [4.69, 9.17) is 17.3 Å². The molecule has 1 aliphatic rings. The fourth-order valence-corrected chi connectivity index (χ4v) is 2.84. The molecular formula is C11H15ClN2S. The Hall–Kier alpha value is -0.540. The third-order valence-corrected chi connectivity index (χ3v) is 3.97. The average Bonchev–Trinajstić information content (AvgIpc) is 2.50. The van der Waals surface area contributed by atoms with Gasteiger partial charge in [0.1, 0.15) is 0 Å². The van der Waals surface area contributed by atoms with Crippen LogP contribution in [0.5, 0.6) is 0 Å². The zero-order valence-corrected chi connectivity index (χ0v) is 10.2. The molecule has 1 aromatic carbocycles. The molecular weight excluding hydrogens is 228 g/mol. The Morgan fingerprint density at radius 3 is 3.00 bits per heavy atom. The number of halogens is 1. The van der Waals surface area contributed by atoms with Crippen LogP contribution in [0.2, 0.25) is 5.02 Å². The van der Waals surface area contributed by atoms with Gasteiger partial charge in [0.15, 0.2) is 0 Å². The summed E-state index contributed by atoms with van der Waals surface area (Å²) in [5.74, 6) is 2.42. The predicted octanol–water partition coefficient (Wildman–Crippen LogP) is 2.87. The second-order valence-electron chi connectivity index (χ2n) is 3.63. The van der Waals surface area contributed by atoms with Gasteiger partial charge in [-0.25, -0.2) is 0 Å². The van der Waals surface area contributed by atoms with Crippen LogP contribution in [-0.4, -0.2) is 24.6 Å². The van der Waals surface area contributed by atoms with Crippen molar-refractivity contribution in [1.82, 2.24) is 0 Å². The number of nitrogens with two attached hydrogens (primary N) is 1. The second-order valence-corrected chi connectivity index (χ2v) is 5.26. The SMILES string of the molecule is Nc1c(Cl)cccc1N1CCCSCC1. The number of nitrogen functional groups attached to an aromatic ring is 1. The van der Waals surface area contributed by atoms with Gasteiger partial charge in [-0.2, -0.15) is 11.8 Å². The van der Waals surface area contributed by atoms with Crippen LogP contribution in [0.15, 0.2) is 18.2 Å². The largest absolute Gasteiger partial charge is 0.396 e. The van der Waals surface area contributed by atoms with E-state index in [2.05, 4.69) is 11.0 Å². The summed E-state index contributed by atoms with van der Waals surface area (Å²) in [4.78, 5) is 2.33. The van der Waals surface area contributed by atoms with Gasteiger partial charge in [-0.05, 0) is 24.3 Å². The quantitative estimate of drug-likeness (QED) is 0.768. The number of hydrogen-bond acceptors (Lipinski definition) is 3. The van der Waals surface area contributed by atoms with Gasteiger partial charge in [-0.1, -0.05) is 17.7 Å². The van der Waals surface area contributed by atoms with E-state index < -0.39 is 0 Å². The summed E-state index contributed by atoms with van der Waals surface area (Å²) in [5, 5.41) is 0.657. The van der Waals surface area contributed by atoms with E-state index in [1.54, 1.807) is 0 Å². The third-order valence-electron chi connectivity index (χ3n) is 2.59. The van der Waals surface area contributed by atoms with Crippen LogP contribution in [0.25, 0.3) is 0 Å². The molecule has 2 nitrogen and oxygen atoms in total. The van der Waals surface area contributed by atoms with Crippen molar-refractivity contribution in [2.75, 3.05) is 35.2 Å². The number of hydrogen-bond donors (Lipinski definition) is 1. The Morgan fingerprint density at radius 1 is 1.27 bits per heavy atom. The van der Waals surface area contributed by atoms with Crippen LogP contribution in [0.1, 0.15) is 6.42 Å². The molecule has 1 fully saturated rings. The topological polar surface area (TPSA) is 29.3 Å². The van der Waals surface area contributed by atoms with Crippen LogP contribution in [0, 0.1) is 0 Å². The van der Waals surface area contributed by atoms with Crippen molar-refractivity contribution >= 4 is 34.7 Å². The van der Waals surface area contributed by atoms with E-state index in [0.29, 0.717) is 10.7 Å². The lowest BCUT2D eigenvalue weighted by molar-refractivity contribution is 0.817. The zero-order chi connectivity index (χ0) is 10.7. The highest BCUT2D eigenvalue weighted by atomic mass is 35.5. The van der Waals surface area contributed by atoms with Gasteiger partial charge in [0, 0.05) is 18.8 Å². The van der Waals surface area contributed by atoms with Crippen molar-refractivity contribution in [3.63, 3.8) is 0 Å². The fraction of sp³-hybridized carbons (Fsp3) is 0.455. The first-order chi connectivity index (χ1) is 7.29. The molecule has 1 aromatic rings. The van der Waals surface area contributed by atoms with Gasteiger partial charge in [0.25, 0.3) is 0 Å². The molecule has 0 amide bonds. The smallest absolute Gasteiger partial charge is 0.0741 e. The summed E-state index contributed by atoms with van der Waals surface area (Å²) in [7, 11) is 0. The summed E-state index contributed by atoms with van der Waals surface area (Å²) < 4.78 is 0. The molecule has 2 N–H and O–H groups in total. The van der Waals surface area contributed by atoms with Crippen LogP contribution in [0.4, 0.5) is 11.4 Å². The monoisotopic (exact) mass is 242 g/mol. The molecule has 0 unspecified atom stereocenters. The second kappa shape index (κ2) is 4.99. The first-order valence-corrected chi connectivity index (χ1v) is 6.69. The lowest BCUT2D eigenvalue weighted by Crippen LogP contribution is -2.26. The van der Waals surface area contributed by atoms with E-state index in [-0.39, 0.29) is 0 Å². The predicted molar refractivity (Wildman–Crippen MR) is 70.0 cm³/mol. The summed E-state index contributed by atoms with van der Waals surface area (Å²) >= 11 is 8.03. The van der Waals surface area contributed by atoms with Crippen LogP contribution in [-0.2, 0) is 0 Å². The standard InChI is InChI=1S/C11H15ClN2S/c12-9-3-1-4-10(11(9)13)14-5-2-7-15-8-6-14/h1,3-4H,2,5-8,13H2. The van der Waals surface area contributed by atoms with Crippen molar-refractivity contribution in [2.24, 2.45) is 0 Å². The Kier molecular flexibility index (Phi) is 3.65. The first-order valence-electron chi connectivity index (χ1n) is 5.16. The van der Waals surface area contributed by atoms with Crippen molar-refractivity contribution in [3.05, 3.63) is 23.2 Å². The molecule has 82 valence electrons. The molecule has 4 heteroatoms. The van der Waals surface area contributed by atoms with E-state index in [1.165, 1.54) is 17.9 Å². The van der Waals surface area contributed by atoms with Gasteiger partial charge in [0.2, 0.25) is 0 Å². The van der Waals surface area contributed by atoms with Crippen molar-refractivity contribution in [2.45, 2.75) is 6.42 Å². The molecule has 15 heavy (non-hydrogen) atoms. The van der Waals surface area contributed by atoms with Crippen LogP contribution in [0.3, 0.4) is 0 Å². The highest BCUT2D eigenvalue weighted by molar-refractivity contribution is 7.99. The Morgan fingerprint density at radius 2 is 2.13 bits per heavy atom. The van der Waals surface area contributed by atoms with E-state index in [1.807, 2.05) is 23.9 Å². The molecule has 2 rings (SSSR count). The van der Waals surface area contributed by atoms with Crippen molar-refractivity contribution in [3.8, 4) is 0 Å². The highest BCUT2D eigenvalue weighted by Gasteiger charge is 2.13. The number of thioether (sulfide) groups is 1. The molecule has 0 saturated carbocycles. The summed E-state index contributed by atoms with van der Waals surface area (Å²) in [6, 6.07) is 5.86. The van der Waals surface area contributed by atoms with Crippen LogP contribution >= 0.6 is 23.4 Å². The molecule has 0 aliphatic carbocycles. The van der Waals surface area contributed by atoms with Gasteiger partial charge in [-0.3, -0.25) is 0 Å². The van der Waals surface area contributed by atoms with Gasteiger partial charge >= 0.3 is 0 Å². The number of para-hydroxylation sites is 1. The number of benzene rings is 1. The van der Waals surface area contributed by atoms with E-state index >= 15 is 0 Å². The summed E-state index contributed by atoms with van der Waals surface area (Å²) in [6.07, 6.45) is 1.22. The highest BCUT2D eigenvalue weighted by Crippen LogP contribution is 2.31. The Balaban J connectivity index is 2.23. The molecule has 1 aliphatic heterocycles. The van der Waals surface area contributed by atoms with E-state index in [0.717, 1.165) is 18.8 Å². The maximum Gasteiger partial charge on any atom is 0.0741 e. The summed E-state index contributed by atoms with van der Waals surface area (Å²) in [5.41, 5.74) is 7.79. The van der Waals surface area contributed by atoms with E-state index in [9.17, 15) is 0 Å². The molecule has 0 atom stereocenters. The minimum Gasteiger partial charge on any atom is -0.396 e. The first kappa shape index (κ1) is 11.0. The molecule has 0 radical (unpaired) electrons. The number of rotatable bonds is 1. The lowest BCUT2D eigenvalue weighted by Gasteiger charge is -2.24. The fourth-order valence-electron chi connectivity index (χ4n) is 1.79. The maximum absolute atomic E-state index is 6.02. The summed E-state index contributed by atoms with van der Waals surface area (Å²) in [6.45, 7) is 2.15. The molecule has 1 saturated heterocycles. The van der Waals surface area contributed by atoms with Gasteiger partial charge < -0.3 is 10.6 Å². The minimum absolute atomic E-state index is 0.657. The van der Waals surface area contributed by atoms with Crippen molar-refractivity contribution < 1.29 is 0 Å². The third kappa shape index (κ3) is 2.52. The lowest BCUT2D eigenvalue weighted by atomic mass is 10.2. The van der Waals surface area contributed by atoms with Crippen LogP contribution < -0.4 is 10.6 Å². The van der Waals surface area contributed by atoms with Crippen molar-refractivity contribution in [1.29, 1.82) is 0 Å². The minimum atomic E-state index is 0.657. The Bertz CT molecular complexity index is 335. The maximum atomic E-state index is 6.02. The zero-order valence-electron chi connectivity index (χ0n) is 8.58. The Labute approximate surface area is 99.8 Å². The normalized spacial score (nSPS) is 17.5. The molecule has 1 heterocycles. The molecule has 0 bridgehead atoms. The molecule has 0 aromatic heterocycles. The van der Waals surface area contributed by atoms with Gasteiger partial charge in [0.05, 0.1) is 16.4 Å². The van der Waals surface area contributed by atoms with Gasteiger partial charge in [-0.15, -0.1) is 0 Å². The number of nitrogens with zero attached hydrogens (tertiary/aromatic N) is 1. The number of anilines is 2.